The van der Waals surface area contributed by atoms with E-state index in [0.29, 0.717) is 26.4 Å². The van der Waals surface area contributed by atoms with Gasteiger partial charge in [0.25, 0.3) is 5.91 Å². The highest BCUT2D eigenvalue weighted by atomic mass is 79.9. The highest BCUT2D eigenvalue weighted by molar-refractivity contribution is 9.09. The van der Waals surface area contributed by atoms with Crippen LogP contribution < -0.4 is 5.32 Å². The number of alkyl halides is 1. The predicted octanol–water partition coefficient (Wildman–Crippen LogP) is 1.72. The van der Waals surface area contributed by atoms with Crippen LogP contribution in [0.4, 0.5) is 0 Å². The summed E-state index contributed by atoms with van der Waals surface area (Å²) in [6, 6.07) is 0. The van der Waals surface area contributed by atoms with Gasteiger partial charge in [0.05, 0.1) is 19.8 Å². The van der Waals surface area contributed by atoms with Crippen molar-refractivity contribution in [2.45, 2.75) is 32.8 Å². The van der Waals surface area contributed by atoms with Gasteiger partial charge in [0.1, 0.15) is 0 Å². The Kier molecular flexibility index (Phi) is 6.44. The molecule has 5 heteroatoms. The molecule has 1 N–H and O–H groups in total. The van der Waals surface area contributed by atoms with Crippen LogP contribution in [0.3, 0.4) is 0 Å². The van der Waals surface area contributed by atoms with E-state index in [2.05, 4.69) is 35.1 Å². The average molecular weight is 308 g/mol. The minimum absolute atomic E-state index is 0.0584. The summed E-state index contributed by atoms with van der Waals surface area (Å²) in [4.78, 5) is 11.9. The van der Waals surface area contributed by atoms with Crippen molar-refractivity contribution in [3.05, 3.63) is 0 Å². The minimum atomic E-state index is -0.439. The lowest BCUT2D eigenvalue weighted by Gasteiger charge is -2.31. The molecular formula is C12H22BrNO3. The van der Waals surface area contributed by atoms with Gasteiger partial charge in [0, 0.05) is 11.9 Å². The third-order valence-electron chi connectivity index (χ3n) is 3.53. The van der Waals surface area contributed by atoms with Gasteiger partial charge in [-0.1, -0.05) is 29.8 Å². The Morgan fingerprint density at radius 2 is 2.12 bits per heavy atom. The number of hydrogen-bond acceptors (Lipinski definition) is 3. The fourth-order valence-corrected chi connectivity index (χ4v) is 2.76. The Morgan fingerprint density at radius 3 is 2.59 bits per heavy atom. The van der Waals surface area contributed by atoms with E-state index in [1.165, 1.54) is 0 Å². The van der Waals surface area contributed by atoms with Gasteiger partial charge in [0.2, 0.25) is 0 Å². The number of hydrogen-bond donors (Lipinski definition) is 1. The normalized spacial score (nSPS) is 21.2. The van der Waals surface area contributed by atoms with Gasteiger partial charge in [-0.05, 0) is 18.3 Å². The Morgan fingerprint density at radius 1 is 1.41 bits per heavy atom. The van der Waals surface area contributed by atoms with Crippen LogP contribution in [0.2, 0.25) is 0 Å². The molecule has 1 atom stereocenters. The van der Waals surface area contributed by atoms with E-state index in [-0.39, 0.29) is 11.3 Å². The summed E-state index contributed by atoms with van der Waals surface area (Å²) >= 11 is 3.53. The van der Waals surface area contributed by atoms with Crippen LogP contribution in [0.25, 0.3) is 0 Å². The Balaban J connectivity index is 2.40. The molecular weight excluding hydrogens is 286 g/mol. The van der Waals surface area contributed by atoms with Crippen LogP contribution in [0.1, 0.15) is 26.7 Å². The van der Waals surface area contributed by atoms with Crippen molar-refractivity contribution in [3.8, 4) is 0 Å². The maximum Gasteiger partial charge on any atom is 0.251 e. The van der Waals surface area contributed by atoms with Crippen molar-refractivity contribution >= 4 is 21.8 Å². The first-order chi connectivity index (χ1) is 8.17. The van der Waals surface area contributed by atoms with Crippen LogP contribution >= 0.6 is 15.9 Å². The number of ether oxygens (including phenoxy) is 2. The molecule has 1 amide bonds. The summed E-state index contributed by atoms with van der Waals surface area (Å²) in [6.07, 6.45) is 1.64. The number of carbonyl (C=O) groups excluding carboxylic acids is 1. The van der Waals surface area contributed by atoms with Gasteiger partial charge >= 0.3 is 0 Å². The van der Waals surface area contributed by atoms with Gasteiger partial charge < -0.3 is 14.8 Å². The molecule has 0 spiro atoms. The Labute approximate surface area is 112 Å². The molecule has 1 aliphatic rings. The van der Waals surface area contributed by atoms with Crippen LogP contribution in [0.15, 0.2) is 0 Å². The zero-order valence-corrected chi connectivity index (χ0v) is 12.2. The Bertz CT molecular complexity index is 230. The number of carbonyl (C=O) groups is 1. The summed E-state index contributed by atoms with van der Waals surface area (Å²) in [7, 11) is 0. The summed E-state index contributed by atoms with van der Waals surface area (Å²) < 4.78 is 10.6. The van der Waals surface area contributed by atoms with Crippen LogP contribution in [-0.4, -0.2) is 43.7 Å². The van der Waals surface area contributed by atoms with Crippen molar-refractivity contribution in [2.24, 2.45) is 5.41 Å². The molecule has 1 heterocycles. The highest BCUT2D eigenvalue weighted by Crippen LogP contribution is 2.27. The fraction of sp³-hybridized carbons (Fsp3) is 0.917. The van der Waals surface area contributed by atoms with Crippen molar-refractivity contribution < 1.29 is 14.3 Å². The first kappa shape index (κ1) is 14.9. The molecule has 0 aliphatic carbocycles. The van der Waals surface area contributed by atoms with Crippen molar-refractivity contribution in [2.75, 3.05) is 31.7 Å². The van der Waals surface area contributed by atoms with E-state index in [1.807, 2.05) is 0 Å². The molecule has 1 unspecified atom stereocenters. The molecule has 4 nitrogen and oxygen atoms in total. The molecule has 100 valence electrons. The molecule has 1 fully saturated rings. The maximum absolute atomic E-state index is 11.9. The van der Waals surface area contributed by atoms with Crippen LogP contribution in [0.5, 0.6) is 0 Å². The molecule has 0 saturated carbocycles. The summed E-state index contributed by atoms with van der Waals surface area (Å²) in [6.45, 7) is 6.44. The third-order valence-corrected chi connectivity index (χ3v) is 4.72. The molecule has 1 rings (SSSR count). The van der Waals surface area contributed by atoms with Crippen molar-refractivity contribution in [1.82, 2.24) is 5.32 Å². The number of rotatable bonds is 6. The van der Waals surface area contributed by atoms with Crippen molar-refractivity contribution in [1.29, 1.82) is 0 Å². The molecule has 0 radical (unpaired) electrons. The molecule has 0 aromatic heterocycles. The topological polar surface area (TPSA) is 47.6 Å². The smallest absolute Gasteiger partial charge is 0.251 e. The standard InChI is InChI=1S/C12H22BrNO3/c1-3-12(4-2,8-13)9-14-11(15)10-7-16-5-6-17-10/h10H,3-9H2,1-2H3,(H,14,15). The van der Waals surface area contributed by atoms with Gasteiger partial charge in [-0.3, -0.25) is 4.79 Å². The van der Waals surface area contributed by atoms with E-state index >= 15 is 0 Å². The Hall–Kier alpha value is -0.130. The number of halogens is 1. The maximum atomic E-state index is 11.9. The lowest BCUT2D eigenvalue weighted by molar-refractivity contribution is -0.147. The first-order valence-corrected chi connectivity index (χ1v) is 7.32. The van der Waals surface area contributed by atoms with E-state index in [0.717, 1.165) is 18.2 Å². The van der Waals surface area contributed by atoms with Crippen LogP contribution in [-0.2, 0) is 14.3 Å². The molecule has 0 bridgehead atoms. The van der Waals surface area contributed by atoms with E-state index < -0.39 is 6.10 Å². The lowest BCUT2D eigenvalue weighted by atomic mass is 9.84. The molecule has 0 aromatic carbocycles. The largest absolute Gasteiger partial charge is 0.376 e. The van der Waals surface area contributed by atoms with E-state index in [9.17, 15) is 4.79 Å². The molecule has 17 heavy (non-hydrogen) atoms. The third kappa shape index (κ3) is 4.23. The quantitative estimate of drug-likeness (QED) is 0.760. The summed E-state index contributed by atoms with van der Waals surface area (Å²) in [5, 5.41) is 3.87. The van der Waals surface area contributed by atoms with Gasteiger partial charge in [-0.2, -0.15) is 0 Å². The summed E-state index contributed by atoms with van der Waals surface area (Å²) in [5.74, 6) is -0.0584. The monoisotopic (exact) mass is 307 g/mol. The van der Waals surface area contributed by atoms with E-state index in [4.69, 9.17) is 9.47 Å². The zero-order chi connectivity index (χ0) is 12.7. The van der Waals surface area contributed by atoms with E-state index in [1.54, 1.807) is 0 Å². The number of nitrogens with one attached hydrogen (secondary N) is 1. The minimum Gasteiger partial charge on any atom is -0.376 e. The zero-order valence-electron chi connectivity index (χ0n) is 10.6. The number of amides is 1. The van der Waals surface area contributed by atoms with Gasteiger partial charge in [0.15, 0.2) is 6.10 Å². The van der Waals surface area contributed by atoms with Gasteiger partial charge in [-0.15, -0.1) is 0 Å². The lowest BCUT2D eigenvalue weighted by Crippen LogP contribution is -2.46. The molecule has 1 aliphatic heterocycles. The van der Waals surface area contributed by atoms with Crippen molar-refractivity contribution in [3.63, 3.8) is 0 Å². The average Bonchev–Trinajstić information content (AvgIpc) is 2.41. The SMILES string of the molecule is CCC(CC)(CBr)CNC(=O)C1COCCO1. The second-order valence-electron chi connectivity index (χ2n) is 4.49. The molecule has 0 aromatic rings. The highest BCUT2D eigenvalue weighted by Gasteiger charge is 2.28. The fourth-order valence-electron chi connectivity index (χ4n) is 1.76. The van der Waals surface area contributed by atoms with Gasteiger partial charge in [-0.25, -0.2) is 0 Å². The van der Waals surface area contributed by atoms with Crippen LogP contribution in [0, 0.1) is 5.41 Å². The second-order valence-corrected chi connectivity index (χ2v) is 5.05. The first-order valence-electron chi connectivity index (χ1n) is 6.20. The molecule has 1 saturated heterocycles. The second kappa shape index (κ2) is 7.34. The predicted molar refractivity (Wildman–Crippen MR) is 70.4 cm³/mol. The summed E-state index contributed by atoms with van der Waals surface area (Å²) in [5.41, 5.74) is 0.144.